The molecular formula is C15H22N2O. The third kappa shape index (κ3) is 2.71. The fourth-order valence-electron chi connectivity index (χ4n) is 2.93. The van der Waals surface area contributed by atoms with E-state index in [1.54, 1.807) is 0 Å². The average Bonchev–Trinajstić information content (AvgIpc) is 2.81. The summed E-state index contributed by atoms with van der Waals surface area (Å²) in [5.41, 5.74) is 8.15. The molecule has 1 heterocycles. The van der Waals surface area contributed by atoms with Gasteiger partial charge in [0.15, 0.2) is 0 Å². The van der Waals surface area contributed by atoms with E-state index in [-0.39, 0.29) is 5.91 Å². The zero-order chi connectivity index (χ0) is 13.1. The quantitative estimate of drug-likeness (QED) is 0.887. The molecule has 0 bridgehead atoms. The maximum Gasteiger partial charge on any atom is 0.250 e. The molecule has 18 heavy (non-hydrogen) atoms. The van der Waals surface area contributed by atoms with Crippen molar-refractivity contribution in [2.24, 2.45) is 11.7 Å². The Balaban J connectivity index is 2.33. The summed E-state index contributed by atoms with van der Waals surface area (Å²) < 4.78 is 0. The van der Waals surface area contributed by atoms with Gasteiger partial charge in [0.1, 0.15) is 0 Å². The van der Waals surface area contributed by atoms with Crippen LogP contribution in [-0.4, -0.2) is 10.9 Å². The normalized spacial score (nSPS) is 16.4. The molecule has 0 aromatic carbocycles. The second kappa shape index (κ2) is 5.51. The standard InChI is InChI=1S/C15H22N2O/c1-10(2)12-7-8-17-13(14(12)15(16)18)9-11-5-3-4-6-11/h7-8,10-11H,3-6,9H2,1-2H3,(H2,16,18). The Labute approximate surface area is 109 Å². The fourth-order valence-corrected chi connectivity index (χ4v) is 2.93. The fraction of sp³-hybridized carbons (Fsp3) is 0.600. The number of hydrogen-bond acceptors (Lipinski definition) is 2. The number of hydrogen-bond donors (Lipinski definition) is 1. The van der Waals surface area contributed by atoms with Crippen molar-refractivity contribution in [1.29, 1.82) is 0 Å². The van der Waals surface area contributed by atoms with Gasteiger partial charge in [-0.2, -0.15) is 0 Å². The third-order valence-electron chi connectivity index (χ3n) is 3.89. The first-order chi connectivity index (χ1) is 8.59. The van der Waals surface area contributed by atoms with Crippen LogP contribution >= 0.6 is 0 Å². The van der Waals surface area contributed by atoms with Crippen LogP contribution in [-0.2, 0) is 6.42 Å². The van der Waals surface area contributed by atoms with Gasteiger partial charge in [-0.15, -0.1) is 0 Å². The zero-order valence-corrected chi connectivity index (χ0v) is 11.3. The summed E-state index contributed by atoms with van der Waals surface area (Å²) in [7, 11) is 0. The smallest absolute Gasteiger partial charge is 0.250 e. The van der Waals surface area contributed by atoms with Crippen molar-refractivity contribution in [3.8, 4) is 0 Å². The van der Waals surface area contributed by atoms with Crippen LogP contribution in [0.15, 0.2) is 12.3 Å². The number of pyridine rings is 1. The minimum atomic E-state index is -0.334. The molecule has 98 valence electrons. The monoisotopic (exact) mass is 246 g/mol. The lowest BCUT2D eigenvalue weighted by Gasteiger charge is -2.16. The van der Waals surface area contributed by atoms with Gasteiger partial charge in [0, 0.05) is 6.20 Å². The van der Waals surface area contributed by atoms with Gasteiger partial charge in [0.05, 0.1) is 11.3 Å². The maximum absolute atomic E-state index is 11.7. The van der Waals surface area contributed by atoms with Gasteiger partial charge in [0.2, 0.25) is 0 Å². The van der Waals surface area contributed by atoms with Gasteiger partial charge in [-0.05, 0) is 29.9 Å². The van der Waals surface area contributed by atoms with Crippen LogP contribution in [0.3, 0.4) is 0 Å². The van der Waals surface area contributed by atoms with E-state index in [9.17, 15) is 4.79 Å². The van der Waals surface area contributed by atoms with Gasteiger partial charge in [-0.3, -0.25) is 9.78 Å². The van der Waals surface area contributed by atoms with Crippen molar-refractivity contribution in [1.82, 2.24) is 4.98 Å². The molecule has 1 saturated carbocycles. The molecule has 0 aliphatic heterocycles. The minimum Gasteiger partial charge on any atom is -0.366 e. The summed E-state index contributed by atoms with van der Waals surface area (Å²) in [4.78, 5) is 16.1. The number of aromatic nitrogens is 1. The molecule has 3 heteroatoms. The molecule has 1 fully saturated rings. The predicted molar refractivity (Wildman–Crippen MR) is 72.5 cm³/mol. The molecule has 0 spiro atoms. The molecular weight excluding hydrogens is 224 g/mol. The van der Waals surface area contributed by atoms with Crippen LogP contribution < -0.4 is 5.73 Å². The first kappa shape index (κ1) is 13.1. The van der Waals surface area contributed by atoms with Crippen molar-refractivity contribution >= 4 is 5.91 Å². The molecule has 1 aliphatic rings. The number of amides is 1. The maximum atomic E-state index is 11.7. The van der Waals surface area contributed by atoms with Crippen molar-refractivity contribution in [3.05, 3.63) is 29.1 Å². The van der Waals surface area contributed by atoms with E-state index >= 15 is 0 Å². The van der Waals surface area contributed by atoms with E-state index in [4.69, 9.17) is 5.73 Å². The van der Waals surface area contributed by atoms with E-state index < -0.39 is 0 Å². The molecule has 0 unspecified atom stereocenters. The van der Waals surface area contributed by atoms with Crippen molar-refractivity contribution < 1.29 is 4.79 Å². The summed E-state index contributed by atoms with van der Waals surface area (Å²) in [6.45, 7) is 4.17. The number of carbonyl (C=O) groups is 1. The first-order valence-corrected chi connectivity index (χ1v) is 6.87. The zero-order valence-electron chi connectivity index (χ0n) is 11.3. The van der Waals surface area contributed by atoms with Gasteiger partial charge in [-0.25, -0.2) is 0 Å². The second-order valence-corrected chi connectivity index (χ2v) is 5.60. The number of nitrogens with zero attached hydrogens (tertiary/aromatic N) is 1. The number of nitrogens with two attached hydrogens (primary N) is 1. The Hall–Kier alpha value is -1.38. The Morgan fingerprint density at radius 1 is 1.44 bits per heavy atom. The topological polar surface area (TPSA) is 56.0 Å². The van der Waals surface area contributed by atoms with Crippen LogP contribution in [0.25, 0.3) is 0 Å². The average molecular weight is 246 g/mol. The van der Waals surface area contributed by atoms with Crippen LogP contribution in [0.1, 0.15) is 67.1 Å². The third-order valence-corrected chi connectivity index (χ3v) is 3.89. The second-order valence-electron chi connectivity index (χ2n) is 5.60. The highest BCUT2D eigenvalue weighted by molar-refractivity contribution is 5.95. The van der Waals surface area contributed by atoms with Gasteiger partial charge in [-0.1, -0.05) is 39.5 Å². The molecule has 1 amide bonds. The summed E-state index contributed by atoms with van der Waals surface area (Å²) in [5.74, 6) is 0.649. The molecule has 1 aromatic rings. The lowest BCUT2D eigenvalue weighted by Crippen LogP contribution is -2.19. The highest BCUT2D eigenvalue weighted by Crippen LogP contribution is 2.30. The molecule has 0 saturated heterocycles. The largest absolute Gasteiger partial charge is 0.366 e. The van der Waals surface area contributed by atoms with Crippen LogP contribution in [0.4, 0.5) is 0 Å². The van der Waals surface area contributed by atoms with Gasteiger partial charge < -0.3 is 5.73 Å². The predicted octanol–water partition coefficient (Wildman–Crippen LogP) is 3.04. The van der Waals surface area contributed by atoms with E-state index in [0.717, 1.165) is 17.7 Å². The highest BCUT2D eigenvalue weighted by Gasteiger charge is 2.22. The Morgan fingerprint density at radius 3 is 2.67 bits per heavy atom. The molecule has 2 N–H and O–H groups in total. The highest BCUT2D eigenvalue weighted by atomic mass is 16.1. The summed E-state index contributed by atoms with van der Waals surface area (Å²) >= 11 is 0. The molecule has 1 aromatic heterocycles. The summed E-state index contributed by atoms with van der Waals surface area (Å²) in [6.07, 6.45) is 7.84. The molecule has 0 radical (unpaired) electrons. The molecule has 2 rings (SSSR count). The van der Waals surface area contributed by atoms with Crippen molar-refractivity contribution in [2.75, 3.05) is 0 Å². The Morgan fingerprint density at radius 2 is 2.11 bits per heavy atom. The number of primary amides is 1. The van der Waals surface area contributed by atoms with Crippen LogP contribution in [0.5, 0.6) is 0 Å². The number of rotatable bonds is 4. The summed E-state index contributed by atoms with van der Waals surface area (Å²) in [5, 5.41) is 0. The van der Waals surface area contributed by atoms with E-state index in [0.29, 0.717) is 17.4 Å². The van der Waals surface area contributed by atoms with E-state index in [2.05, 4.69) is 18.8 Å². The first-order valence-electron chi connectivity index (χ1n) is 6.87. The van der Waals surface area contributed by atoms with Gasteiger partial charge in [0.25, 0.3) is 5.91 Å². The lowest BCUT2D eigenvalue weighted by atomic mass is 9.92. The van der Waals surface area contributed by atoms with E-state index in [1.165, 1.54) is 25.7 Å². The molecule has 1 aliphatic carbocycles. The van der Waals surface area contributed by atoms with E-state index in [1.807, 2.05) is 12.3 Å². The lowest BCUT2D eigenvalue weighted by molar-refractivity contribution is 0.0997. The molecule has 0 atom stereocenters. The molecule has 3 nitrogen and oxygen atoms in total. The minimum absolute atomic E-state index is 0.304. The number of carbonyl (C=O) groups excluding carboxylic acids is 1. The van der Waals surface area contributed by atoms with Crippen LogP contribution in [0, 0.1) is 5.92 Å². The van der Waals surface area contributed by atoms with Crippen molar-refractivity contribution in [3.63, 3.8) is 0 Å². The van der Waals surface area contributed by atoms with Crippen LogP contribution in [0.2, 0.25) is 0 Å². The Kier molecular flexibility index (Phi) is 4.00. The Bertz CT molecular complexity index is 434. The SMILES string of the molecule is CC(C)c1ccnc(CC2CCCC2)c1C(N)=O. The van der Waals surface area contributed by atoms with Crippen molar-refractivity contribution in [2.45, 2.75) is 51.9 Å². The summed E-state index contributed by atoms with van der Waals surface area (Å²) in [6, 6.07) is 1.92. The van der Waals surface area contributed by atoms with Gasteiger partial charge >= 0.3 is 0 Å².